The molecular weight excluding hydrogens is 272 g/mol. The number of aromatic nitrogens is 3. The molecule has 0 radical (unpaired) electrons. The van der Waals surface area contributed by atoms with Gasteiger partial charge in [0, 0.05) is 18.3 Å². The number of nitrogens with zero attached hydrogens (tertiary/aromatic N) is 4. The van der Waals surface area contributed by atoms with Crippen molar-refractivity contribution in [1.82, 2.24) is 19.4 Å². The first-order chi connectivity index (χ1) is 9.72. The lowest BCUT2D eigenvalue weighted by Gasteiger charge is -2.23. The molecule has 0 amide bonds. The van der Waals surface area contributed by atoms with E-state index in [-0.39, 0.29) is 0 Å². The van der Waals surface area contributed by atoms with Gasteiger partial charge in [-0.3, -0.25) is 4.90 Å². The standard InChI is InChI=1S/C15H21ClN4/c1-3-19-8-4-5-12(19)10-20-14(9-16)18-13-7-6-11(2)17-15(13)20/h6-7,12H,3-5,8-10H2,1-2H3. The highest BCUT2D eigenvalue weighted by Crippen LogP contribution is 2.22. The van der Waals surface area contributed by atoms with Crippen molar-refractivity contribution in [3.8, 4) is 0 Å². The number of fused-ring (bicyclic) bond motifs is 1. The fourth-order valence-electron chi connectivity index (χ4n) is 3.17. The average molecular weight is 293 g/mol. The van der Waals surface area contributed by atoms with Crippen molar-refractivity contribution in [2.75, 3.05) is 13.1 Å². The van der Waals surface area contributed by atoms with Crippen molar-refractivity contribution in [3.05, 3.63) is 23.7 Å². The quantitative estimate of drug-likeness (QED) is 0.813. The van der Waals surface area contributed by atoms with Gasteiger partial charge in [0.15, 0.2) is 5.65 Å². The Morgan fingerprint density at radius 2 is 2.20 bits per heavy atom. The van der Waals surface area contributed by atoms with E-state index < -0.39 is 0 Å². The molecule has 5 heteroatoms. The van der Waals surface area contributed by atoms with E-state index in [9.17, 15) is 0 Å². The van der Waals surface area contributed by atoms with Crippen LogP contribution in [0, 0.1) is 6.92 Å². The van der Waals surface area contributed by atoms with Gasteiger partial charge in [-0.2, -0.15) is 0 Å². The molecule has 4 nitrogen and oxygen atoms in total. The first kappa shape index (κ1) is 13.8. The Hall–Kier alpha value is -1.13. The number of alkyl halides is 1. The smallest absolute Gasteiger partial charge is 0.160 e. The van der Waals surface area contributed by atoms with Crippen LogP contribution in [0.3, 0.4) is 0 Å². The molecule has 1 saturated heterocycles. The first-order valence-corrected chi connectivity index (χ1v) is 7.89. The number of likely N-dealkylation sites (N-methyl/N-ethyl adjacent to an activating group) is 1. The number of halogens is 1. The molecule has 1 atom stereocenters. The molecule has 0 saturated carbocycles. The normalized spacial score (nSPS) is 20.1. The molecule has 2 aromatic rings. The molecule has 1 aliphatic rings. The first-order valence-electron chi connectivity index (χ1n) is 7.35. The summed E-state index contributed by atoms with van der Waals surface area (Å²) < 4.78 is 2.22. The predicted octanol–water partition coefficient (Wildman–Crippen LogP) is 2.96. The Kier molecular flexibility index (Phi) is 3.94. The zero-order chi connectivity index (χ0) is 14.1. The van der Waals surface area contributed by atoms with Crippen molar-refractivity contribution >= 4 is 22.8 Å². The molecule has 1 unspecified atom stereocenters. The fraction of sp³-hybridized carbons (Fsp3) is 0.600. The van der Waals surface area contributed by atoms with Crippen LogP contribution in [0.2, 0.25) is 0 Å². The van der Waals surface area contributed by atoms with Crippen molar-refractivity contribution < 1.29 is 0 Å². The number of likely N-dealkylation sites (tertiary alicyclic amines) is 1. The molecule has 0 bridgehead atoms. The van der Waals surface area contributed by atoms with E-state index in [1.54, 1.807) is 0 Å². The maximum absolute atomic E-state index is 6.07. The van der Waals surface area contributed by atoms with E-state index >= 15 is 0 Å². The van der Waals surface area contributed by atoms with Crippen molar-refractivity contribution in [2.45, 2.75) is 45.2 Å². The largest absolute Gasteiger partial charge is 0.310 e. The van der Waals surface area contributed by atoms with Gasteiger partial charge in [-0.1, -0.05) is 6.92 Å². The number of hydrogen-bond acceptors (Lipinski definition) is 3. The van der Waals surface area contributed by atoms with E-state index in [0.717, 1.165) is 35.8 Å². The highest BCUT2D eigenvalue weighted by atomic mass is 35.5. The number of pyridine rings is 1. The maximum Gasteiger partial charge on any atom is 0.160 e. The zero-order valence-corrected chi connectivity index (χ0v) is 12.9. The van der Waals surface area contributed by atoms with Crippen molar-refractivity contribution in [2.24, 2.45) is 0 Å². The topological polar surface area (TPSA) is 34.0 Å². The Balaban J connectivity index is 1.98. The summed E-state index contributed by atoms with van der Waals surface area (Å²) in [5, 5.41) is 0. The summed E-state index contributed by atoms with van der Waals surface area (Å²) in [6.07, 6.45) is 2.54. The van der Waals surface area contributed by atoms with Crippen LogP contribution in [0.4, 0.5) is 0 Å². The third-order valence-electron chi connectivity index (χ3n) is 4.23. The minimum Gasteiger partial charge on any atom is -0.310 e. The Morgan fingerprint density at radius 3 is 2.95 bits per heavy atom. The molecular formula is C15H21ClN4. The summed E-state index contributed by atoms with van der Waals surface area (Å²) in [5.41, 5.74) is 2.95. The van der Waals surface area contributed by atoms with Gasteiger partial charge in [-0.25, -0.2) is 9.97 Å². The SMILES string of the molecule is CCN1CCCC1Cn1c(CCl)nc2ccc(C)nc21. The zero-order valence-electron chi connectivity index (χ0n) is 12.1. The van der Waals surface area contributed by atoms with Crippen LogP contribution in [0.15, 0.2) is 12.1 Å². The average Bonchev–Trinajstić information content (AvgIpc) is 3.04. The van der Waals surface area contributed by atoms with Crippen molar-refractivity contribution in [3.63, 3.8) is 0 Å². The lowest BCUT2D eigenvalue weighted by Crippen LogP contribution is -2.33. The molecule has 20 heavy (non-hydrogen) atoms. The second kappa shape index (κ2) is 5.70. The Morgan fingerprint density at radius 1 is 1.35 bits per heavy atom. The Bertz CT molecular complexity index is 607. The van der Waals surface area contributed by atoms with Gasteiger partial charge in [-0.05, 0) is 45.0 Å². The summed E-state index contributed by atoms with van der Waals surface area (Å²) in [6, 6.07) is 4.63. The number of aryl methyl sites for hydroxylation is 1. The molecule has 0 aliphatic carbocycles. The van der Waals surface area contributed by atoms with E-state index in [1.807, 2.05) is 19.1 Å². The summed E-state index contributed by atoms with van der Waals surface area (Å²) in [5.74, 6) is 1.37. The molecule has 1 aliphatic heterocycles. The minimum atomic E-state index is 0.439. The van der Waals surface area contributed by atoms with Crippen LogP contribution in [-0.2, 0) is 12.4 Å². The third-order valence-corrected chi connectivity index (χ3v) is 4.47. The second-order valence-electron chi connectivity index (χ2n) is 5.49. The second-order valence-corrected chi connectivity index (χ2v) is 5.76. The van der Waals surface area contributed by atoms with E-state index in [4.69, 9.17) is 11.6 Å². The van der Waals surface area contributed by atoms with Gasteiger partial charge in [-0.15, -0.1) is 11.6 Å². The molecule has 108 valence electrons. The van der Waals surface area contributed by atoms with Gasteiger partial charge in [0.05, 0.1) is 5.88 Å². The molecule has 3 heterocycles. The highest BCUT2D eigenvalue weighted by molar-refractivity contribution is 6.16. The monoisotopic (exact) mass is 292 g/mol. The predicted molar refractivity (Wildman–Crippen MR) is 82.1 cm³/mol. The molecule has 0 N–H and O–H groups in total. The maximum atomic E-state index is 6.07. The lowest BCUT2D eigenvalue weighted by atomic mass is 10.2. The number of rotatable bonds is 4. The van der Waals surface area contributed by atoms with Crippen LogP contribution in [-0.4, -0.2) is 38.6 Å². The molecule has 0 spiro atoms. The summed E-state index contributed by atoms with van der Waals surface area (Å²) >= 11 is 6.07. The van der Waals surface area contributed by atoms with Gasteiger partial charge in [0.2, 0.25) is 0 Å². The highest BCUT2D eigenvalue weighted by Gasteiger charge is 2.25. The molecule has 3 rings (SSSR count). The number of hydrogen-bond donors (Lipinski definition) is 0. The third kappa shape index (κ3) is 2.42. The Labute approximate surface area is 124 Å². The van der Waals surface area contributed by atoms with Crippen LogP contribution in [0.25, 0.3) is 11.2 Å². The molecule has 1 fully saturated rings. The van der Waals surface area contributed by atoms with Gasteiger partial charge < -0.3 is 4.57 Å². The molecule has 2 aromatic heterocycles. The molecule has 0 aromatic carbocycles. The van der Waals surface area contributed by atoms with E-state index in [0.29, 0.717) is 11.9 Å². The fourth-order valence-corrected chi connectivity index (χ4v) is 3.37. The lowest BCUT2D eigenvalue weighted by molar-refractivity contribution is 0.244. The van der Waals surface area contributed by atoms with E-state index in [2.05, 4.69) is 26.4 Å². The minimum absolute atomic E-state index is 0.439. The van der Waals surface area contributed by atoms with Crippen LogP contribution in [0.1, 0.15) is 31.3 Å². The summed E-state index contributed by atoms with van der Waals surface area (Å²) in [6.45, 7) is 7.51. The summed E-state index contributed by atoms with van der Waals surface area (Å²) in [4.78, 5) is 11.8. The summed E-state index contributed by atoms with van der Waals surface area (Å²) in [7, 11) is 0. The van der Waals surface area contributed by atoms with Crippen LogP contribution in [0.5, 0.6) is 0 Å². The van der Waals surface area contributed by atoms with Crippen molar-refractivity contribution in [1.29, 1.82) is 0 Å². The van der Waals surface area contributed by atoms with E-state index in [1.165, 1.54) is 19.4 Å². The van der Waals surface area contributed by atoms with Gasteiger partial charge in [0.25, 0.3) is 0 Å². The van der Waals surface area contributed by atoms with Crippen LogP contribution < -0.4 is 0 Å². The van der Waals surface area contributed by atoms with Gasteiger partial charge >= 0.3 is 0 Å². The van der Waals surface area contributed by atoms with Crippen LogP contribution >= 0.6 is 11.6 Å². The van der Waals surface area contributed by atoms with Gasteiger partial charge in [0.1, 0.15) is 11.3 Å². The number of imidazole rings is 1.